The summed E-state index contributed by atoms with van der Waals surface area (Å²) in [5.41, 5.74) is 3.46. The van der Waals surface area contributed by atoms with Crippen LogP contribution in [-0.4, -0.2) is 49.1 Å². The number of hydrogen-bond acceptors (Lipinski definition) is 6. The highest BCUT2D eigenvalue weighted by Crippen LogP contribution is 2.25. The van der Waals surface area contributed by atoms with Crippen LogP contribution in [0.3, 0.4) is 0 Å². The van der Waals surface area contributed by atoms with Crippen molar-refractivity contribution >= 4 is 11.8 Å². The van der Waals surface area contributed by atoms with E-state index in [4.69, 9.17) is 14.6 Å². The molecule has 2 N–H and O–H groups in total. The molecule has 0 atom stereocenters. The number of esters is 1. The summed E-state index contributed by atoms with van der Waals surface area (Å²) in [5, 5.41) is 11.5. The average molecular weight is 437 g/mol. The van der Waals surface area contributed by atoms with Crippen LogP contribution in [0.15, 0.2) is 54.6 Å². The van der Waals surface area contributed by atoms with Crippen LogP contribution in [-0.2, 0) is 17.7 Å². The van der Waals surface area contributed by atoms with Gasteiger partial charge in [-0.15, -0.1) is 0 Å². The summed E-state index contributed by atoms with van der Waals surface area (Å²) >= 11 is 0. The molecule has 3 rings (SSSR count). The van der Waals surface area contributed by atoms with Gasteiger partial charge in [0.25, 0.3) is 0 Å². The van der Waals surface area contributed by atoms with E-state index in [1.807, 2.05) is 49.4 Å². The Kier molecular flexibility index (Phi) is 8.69. The van der Waals surface area contributed by atoms with Crippen molar-refractivity contribution in [3.05, 3.63) is 77.0 Å². The molecule has 0 unspecified atom stereocenters. The second kappa shape index (κ2) is 11.9. The van der Waals surface area contributed by atoms with E-state index in [2.05, 4.69) is 29.7 Å². The molecule has 1 aromatic heterocycles. The molecule has 0 spiro atoms. The van der Waals surface area contributed by atoms with Gasteiger partial charge in [-0.1, -0.05) is 49.4 Å². The van der Waals surface area contributed by atoms with Crippen LogP contribution < -0.4 is 15.4 Å². The van der Waals surface area contributed by atoms with Crippen molar-refractivity contribution in [3.8, 4) is 5.75 Å². The number of aromatic nitrogens is 2. The van der Waals surface area contributed by atoms with Crippen LogP contribution in [0, 0.1) is 0 Å². The predicted molar refractivity (Wildman–Crippen MR) is 127 cm³/mol. The van der Waals surface area contributed by atoms with Gasteiger partial charge in [-0.05, 0) is 36.7 Å². The van der Waals surface area contributed by atoms with E-state index in [0.717, 1.165) is 35.5 Å². The minimum absolute atomic E-state index is 0.306. The fraction of sp³-hybridized carbons (Fsp3) is 0.360. The van der Waals surface area contributed by atoms with E-state index in [0.29, 0.717) is 37.6 Å². The highest BCUT2D eigenvalue weighted by Gasteiger charge is 2.25. The molecule has 2 aromatic carbocycles. The minimum Gasteiger partial charge on any atom is -0.497 e. The second-order valence-corrected chi connectivity index (χ2v) is 7.34. The quantitative estimate of drug-likeness (QED) is 0.333. The Morgan fingerprint density at radius 1 is 1.00 bits per heavy atom. The number of benzene rings is 2. The molecular formula is C25H32N4O3. The number of carbonyl (C=O) groups is 1. The lowest BCUT2D eigenvalue weighted by Crippen LogP contribution is -2.22. The van der Waals surface area contributed by atoms with Crippen LogP contribution in [0.2, 0.25) is 0 Å². The maximum Gasteiger partial charge on any atom is 0.356 e. The summed E-state index contributed by atoms with van der Waals surface area (Å²) in [5.74, 6) is 1.14. The average Bonchev–Trinajstić information content (AvgIpc) is 3.14. The van der Waals surface area contributed by atoms with E-state index >= 15 is 0 Å². The number of hydrogen-bond donors (Lipinski definition) is 2. The number of carbonyl (C=O) groups excluding carboxylic acids is 1. The van der Waals surface area contributed by atoms with Gasteiger partial charge in [-0.2, -0.15) is 5.10 Å². The molecule has 0 aliphatic carbocycles. The largest absolute Gasteiger partial charge is 0.497 e. The third-order valence-corrected chi connectivity index (χ3v) is 5.08. The van der Waals surface area contributed by atoms with E-state index in [1.165, 1.54) is 0 Å². The molecule has 7 nitrogen and oxygen atoms in total. The lowest BCUT2D eigenvalue weighted by Gasteiger charge is -2.10. The molecule has 0 saturated heterocycles. The first-order valence-electron chi connectivity index (χ1n) is 11.0. The second-order valence-electron chi connectivity index (χ2n) is 7.34. The first kappa shape index (κ1) is 23.3. The van der Waals surface area contributed by atoms with Crippen molar-refractivity contribution in [1.82, 2.24) is 15.1 Å². The van der Waals surface area contributed by atoms with Gasteiger partial charge < -0.3 is 20.1 Å². The Bertz CT molecular complexity index is 984. The summed E-state index contributed by atoms with van der Waals surface area (Å²) in [7, 11) is 1.64. The Labute approximate surface area is 189 Å². The Morgan fingerprint density at radius 3 is 2.41 bits per heavy atom. The zero-order valence-corrected chi connectivity index (χ0v) is 19.1. The van der Waals surface area contributed by atoms with Crippen molar-refractivity contribution in [2.75, 3.05) is 38.7 Å². The topological polar surface area (TPSA) is 77.4 Å². The lowest BCUT2D eigenvalue weighted by atomic mass is 10.0. The van der Waals surface area contributed by atoms with Gasteiger partial charge >= 0.3 is 5.97 Å². The van der Waals surface area contributed by atoms with Crippen LogP contribution in [0.1, 0.15) is 41.0 Å². The van der Waals surface area contributed by atoms with E-state index in [-0.39, 0.29) is 5.97 Å². The zero-order valence-electron chi connectivity index (χ0n) is 19.1. The highest BCUT2D eigenvalue weighted by atomic mass is 16.5. The van der Waals surface area contributed by atoms with E-state index in [9.17, 15) is 4.79 Å². The van der Waals surface area contributed by atoms with Gasteiger partial charge in [0.05, 0.1) is 20.3 Å². The maximum absolute atomic E-state index is 13.0. The van der Waals surface area contributed by atoms with Crippen molar-refractivity contribution in [1.29, 1.82) is 0 Å². The first-order chi connectivity index (χ1) is 15.7. The molecule has 0 aliphatic rings. The number of ether oxygens (including phenoxy) is 2. The smallest absolute Gasteiger partial charge is 0.356 e. The van der Waals surface area contributed by atoms with Gasteiger partial charge in [0, 0.05) is 25.1 Å². The molecule has 7 heteroatoms. The van der Waals surface area contributed by atoms with Crippen LogP contribution in [0.4, 0.5) is 5.82 Å². The predicted octanol–water partition coefficient (Wildman–Crippen LogP) is 3.73. The fourth-order valence-corrected chi connectivity index (χ4v) is 3.50. The Balaban J connectivity index is 1.99. The van der Waals surface area contributed by atoms with E-state index in [1.54, 1.807) is 11.8 Å². The van der Waals surface area contributed by atoms with Crippen molar-refractivity contribution in [3.63, 3.8) is 0 Å². The summed E-state index contributed by atoms with van der Waals surface area (Å²) in [6.07, 6.45) is 0.584. The fourth-order valence-electron chi connectivity index (χ4n) is 3.50. The molecule has 0 fully saturated rings. The summed E-state index contributed by atoms with van der Waals surface area (Å²) in [6, 6.07) is 17.9. The molecular weight excluding hydrogens is 404 g/mol. The Morgan fingerprint density at radius 2 is 1.75 bits per heavy atom. The third kappa shape index (κ3) is 6.11. The standard InChI is InChI=1S/C25H32N4O3/c1-4-26-15-16-27-24-22(17-19-9-7-6-8-10-19)23(25(30)32-5-2)29(28-24)18-20-11-13-21(31-3)14-12-20/h6-14,26H,4-5,15-18H2,1-3H3,(H,27,28). The number of rotatable bonds is 12. The summed E-state index contributed by atoms with van der Waals surface area (Å²) in [6.45, 7) is 7.06. The van der Waals surface area contributed by atoms with Crippen molar-refractivity contribution in [2.45, 2.75) is 26.8 Å². The van der Waals surface area contributed by atoms with Crippen LogP contribution >= 0.6 is 0 Å². The molecule has 0 amide bonds. The van der Waals surface area contributed by atoms with Crippen LogP contribution in [0.5, 0.6) is 5.75 Å². The van der Waals surface area contributed by atoms with Gasteiger partial charge in [0.2, 0.25) is 0 Å². The van der Waals surface area contributed by atoms with Crippen molar-refractivity contribution < 1.29 is 14.3 Å². The molecule has 1 heterocycles. The Hall–Kier alpha value is -3.32. The zero-order chi connectivity index (χ0) is 22.8. The molecule has 0 bridgehead atoms. The van der Waals surface area contributed by atoms with Gasteiger partial charge in [0.15, 0.2) is 11.5 Å². The number of nitrogens with zero attached hydrogens (tertiary/aromatic N) is 2. The molecule has 3 aromatic rings. The first-order valence-corrected chi connectivity index (χ1v) is 11.0. The van der Waals surface area contributed by atoms with Gasteiger partial charge in [0.1, 0.15) is 5.75 Å². The maximum atomic E-state index is 13.0. The number of methoxy groups -OCH3 is 1. The van der Waals surface area contributed by atoms with Gasteiger partial charge in [-0.25, -0.2) is 4.79 Å². The molecule has 0 saturated carbocycles. The number of nitrogens with one attached hydrogen (secondary N) is 2. The highest BCUT2D eigenvalue weighted by molar-refractivity contribution is 5.91. The molecule has 32 heavy (non-hydrogen) atoms. The minimum atomic E-state index is -0.362. The lowest BCUT2D eigenvalue weighted by molar-refractivity contribution is 0.0511. The van der Waals surface area contributed by atoms with Crippen molar-refractivity contribution in [2.24, 2.45) is 0 Å². The van der Waals surface area contributed by atoms with Crippen LogP contribution in [0.25, 0.3) is 0 Å². The summed E-state index contributed by atoms with van der Waals surface area (Å²) in [4.78, 5) is 13.0. The monoisotopic (exact) mass is 436 g/mol. The molecule has 0 aliphatic heterocycles. The van der Waals surface area contributed by atoms with E-state index < -0.39 is 0 Å². The number of likely N-dealkylation sites (N-methyl/N-ethyl adjacent to an activating group) is 1. The third-order valence-electron chi connectivity index (χ3n) is 5.08. The normalized spacial score (nSPS) is 10.7. The number of anilines is 1. The summed E-state index contributed by atoms with van der Waals surface area (Å²) < 4.78 is 12.4. The molecule has 170 valence electrons. The molecule has 0 radical (unpaired) electrons. The SMILES string of the molecule is CCNCCNc1nn(Cc2ccc(OC)cc2)c(C(=O)OCC)c1Cc1ccccc1. The van der Waals surface area contributed by atoms with Gasteiger partial charge in [-0.3, -0.25) is 4.68 Å².